The van der Waals surface area contributed by atoms with Gasteiger partial charge < -0.3 is 48.5 Å². The SMILES string of the molecule is CCC[CH2][Sn]([CH2]CCC)([CH2]CCC)[c]1c(C)noc1C.CCOC(C)=C(C#N)C#N.COc1ccc(-n2nc(C)c(C#N)c2-c2c(C)noc2C)cc1.COc1ccc(-n2nc(C)c(C#N)c2I)cc1.COc1ccc(-n2nc(C)c(C#N)c2N)cc1.Cc1nn(-c2ccc(O)cc2)c(-c2c(C)noc2C)c1C#N.Cc1nn(-c2ccc(O)cc2)c(-c2c(C)noc2C)c1C=O.N#CCC#N. The standard InChI is InChI=1S/C17H16N4O2.C16H14N4O2.C16H15N3O3.C12H10IN3O.C12H12N4O.C7H8N2O.C5H6NO.3C4H9.C3H2N2.Sn/c1-10-15(9-18)17(16-11(2)20-23-12(16)3)21(19-10)13-5-7-14(22-4)8-6-13;1-9-14(8-17)16(15-10(2)19-22-11(15)3)20(18-9)12-4-6-13(21)7-5-12;1-9-14(8-20)16(15-10(2)18-22-11(15)3)19(17-9)12-4-6-13(21)7-5-12;1-8-11(7-14)12(13)16(15-8)9-3-5-10(17-2)6-4-9;1-8-11(7-13)12(14)16(15-8)9-3-5-10(17-2)6-4-9;1-3-10-6(2)7(4-8)5-9;1-4-3-5(2)7-6-4;3*1-3-4-2;4-2-1-3-5;/h5-8H,1-4H3;4-7,21H,1-3H3;4-8,21H,1-3H3;3-6H,1-2H3;3-6H,14H2,1-2H3;3H2,1-2H3;1-2H3;3*1,3-4H2,2H3;1H2;. The zero-order valence-electron chi connectivity index (χ0n) is 80.3. The number of anilines is 1. The molecule has 702 valence electrons. The molecule has 14 rings (SSSR count). The first kappa shape index (κ1) is 107. The van der Waals surface area contributed by atoms with E-state index in [0.29, 0.717) is 115 Å². The number of hydrogen-bond acceptors (Lipinski definition) is 29. The van der Waals surface area contributed by atoms with Crippen LogP contribution in [-0.2, 0) is 4.74 Å². The van der Waals surface area contributed by atoms with E-state index in [2.05, 4.69) is 122 Å². The minimum atomic E-state index is -2.31. The molecule has 34 nitrogen and oxygen atoms in total. The summed E-state index contributed by atoms with van der Waals surface area (Å²) in [6, 6.07) is 51.1. The van der Waals surface area contributed by atoms with Crippen molar-refractivity contribution < 1.29 is 52.0 Å². The molecule has 0 aliphatic heterocycles. The summed E-state index contributed by atoms with van der Waals surface area (Å²) in [5, 5.41) is 126. The Morgan fingerprint density at radius 2 is 0.728 bits per heavy atom. The third-order valence-corrected chi connectivity index (χ3v) is 38.8. The number of nitrogens with two attached hydrogens (primary N) is 1. The van der Waals surface area contributed by atoms with Crippen LogP contribution in [0.15, 0.2) is 151 Å². The Morgan fingerprint density at radius 1 is 0.419 bits per heavy atom. The molecular formula is C100H110IN23O11Sn. The van der Waals surface area contributed by atoms with Gasteiger partial charge in [0, 0.05) is 0 Å². The van der Waals surface area contributed by atoms with Crippen molar-refractivity contribution in [2.24, 2.45) is 0 Å². The van der Waals surface area contributed by atoms with Gasteiger partial charge in [0.05, 0.1) is 153 Å². The first-order valence-corrected chi connectivity index (χ1v) is 51.9. The minimum absolute atomic E-state index is 0. The summed E-state index contributed by atoms with van der Waals surface area (Å²) < 4.78 is 56.9. The smallest absolute Gasteiger partial charge is 0.166 e. The quantitative estimate of drug-likeness (QED) is 0.0166. The van der Waals surface area contributed by atoms with Crippen LogP contribution in [0.4, 0.5) is 5.82 Å². The zero-order valence-corrected chi connectivity index (χ0v) is 85.3. The fourth-order valence-electron chi connectivity index (χ4n) is 14.8. The van der Waals surface area contributed by atoms with Crippen LogP contribution in [0.1, 0.15) is 186 Å². The number of benzene rings is 5. The van der Waals surface area contributed by atoms with Gasteiger partial charge in [-0.2, -0.15) is 67.6 Å². The number of aromatic hydroxyl groups is 2. The molecule has 0 saturated heterocycles. The average molecular weight is 2060 g/mol. The number of carbonyl (C=O) groups excluding carboxylic acids is 1. The van der Waals surface area contributed by atoms with Crippen LogP contribution in [0.5, 0.6) is 28.7 Å². The topological polar surface area (TPSA) is 504 Å². The number of carbonyl (C=O) groups is 1. The van der Waals surface area contributed by atoms with E-state index in [0.717, 1.165) is 89.5 Å². The first-order chi connectivity index (χ1) is 65.2. The van der Waals surface area contributed by atoms with Gasteiger partial charge in [-0.1, -0.05) is 15.5 Å². The summed E-state index contributed by atoms with van der Waals surface area (Å²) in [5.74, 6) is 6.48. The molecule has 0 aliphatic rings. The van der Waals surface area contributed by atoms with Crippen molar-refractivity contribution in [1.82, 2.24) is 69.5 Å². The molecule has 5 aromatic carbocycles. The summed E-state index contributed by atoms with van der Waals surface area (Å²) in [6.07, 6.45) is 8.94. The number of ether oxygens (including phenoxy) is 4. The fourth-order valence-corrected chi connectivity index (χ4v) is 33.4. The number of aldehydes is 1. The van der Waals surface area contributed by atoms with Crippen LogP contribution in [0.2, 0.25) is 13.3 Å². The molecule has 9 aromatic heterocycles. The number of hydrogen-bond donors (Lipinski definition) is 3. The number of methoxy groups -OCH3 is 3. The van der Waals surface area contributed by atoms with Crippen LogP contribution in [0.3, 0.4) is 0 Å². The summed E-state index contributed by atoms with van der Waals surface area (Å²) in [7, 11) is 4.86. The molecule has 0 radical (unpaired) electrons. The van der Waals surface area contributed by atoms with Crippen molar-refractivity contribution in [3.63, 3.8) is 0 Å². The number of nitrogens with zero attached hydrogens (tertiary/aromatic N) is 22. The van der Waals surface area contributed by atoms with E-state index in [9.17, 15) is 25.5 Å². The number of rotatable bonds is 24. The predicted octanol–water partition coefficient (Wildman–Crippen LogP) is 20.8. The van der Waals surface area contributed by atoms with Crippen LogP contribution >= 0.6 is 22.6 Å². The summed E-state index contributed by atoms with van der Waals surface area (Å²) in [4.78, 5) is 11.5. The number of halogens is 1. The Hall–Kier alpha value is -15.6. The number of aryl methyl sites for hydroxylation is 13. The largest absolute Gasteiger partial charge is 0.508 e. The van der Waals surface area contributed by atoms with Crippen molar-refractivity contribution in [3.8, 4) is 140 Å². The Bertz CT molecular complexity index is 6550. The number of phenols is 2. The second-order valence-electron chi connectivity index (χ2n) is 30.8. The van der Waals surface area contributed by atoms with Crippen LogP contribution in [0, 0.1) is 184 Å². The Labute approximate surface area is 809 Å². The fraction of sp³-hybridized carbons (Fsp3) is 0.320. The van der Waals surface area contributed by atoms with Crippen LogP contribution < -0.4 is 23.5 Å². The normalized spacial score (nSPS) is 10.2. The van der Waals surface area contributed by atoms with E-state index in [1.54, 1.807) is 170 Å². The van der Waals surface area contributed by atoms with Crippen LogP contribution in [0.25, 0.3) is 62.2 Å². The van der Waals surface area contributed by atoms with Crippen molar-refractivity contribution in [3.05, 3.63) is 238 Å². The van der Waals surface area contributed by atoms with Gasteiger partial charge in [0.15, 0.2) is 11.9 Å². The number of nitriles is 8. The molecule has 0 atom stereocenters. The van der Waals surface area contributed by atoms with Gasteiger partial charge in [-0.3, -0.25) is 4.79 Å². The second kappa shape index (κ2) is 52.0. The summed E-state index contributed by atoms with van der Waals surface area (Å²) >= 11 is -0.183. The molecular weight excluding hydrogens is 1940 g/mol. The third kappa shape index (κ3) is 26.5. The number of allylic oxidation sites excluding steroid dienone is 2. The minimum Gasteiger partial charge on any atom is -0.508 e. The van der Waals surface area contributed by atoms with E-state index in [-0.39, 0.29) is 23.5 Å². The van der Waals surface area contributed by atoms with Gasteiger partial charge in [-0.15, -0.1) is 0 Å². The maximum atomic E-state index is 11.5. The van der Waals surface area contributed by atoms with Crippen LogP contribution in [-0.4, -0.2) is 132 Å². The molecule has 0 fully saturated rings. The van der Waals surface area contributed by atoms with Crippen molar-refractivity contribution in [2.45, 2.75) is 183 Å². The van der Waals surface area contributed by atoms with Crippen molar-refractivity contribution in [2.75, 3.05) is 33.7 Å². The molecule has 0 spiro atoms. The van der Waals surface area contributed by atoms with Gasteiger partial charge in [0.2, 0.25) is 0 Å². The summed E-state index contributed by atoms with van der Waals surface area (Å²) in [6.45, 7) is 35.1. The molecule has 136 heavy (non-hydrogen) atoms. The van der Waals surface area contributed by atoms with Gasteiger partial charge in [-0.05, 0) is 234 Å². The molecule has 0 aliphatic carbocycles. The zero-order chi connectivity index (χ0) is 100. The molecule has 9 heterocycles. The molecule has 36 heteroatoms. The monoisotopic (exact) mass is 2060 g/mol. The number of aromatic nitrogens is 14. The van der Waals surface area contributed by atoms with Gasteiger partial charge in [-0.25, -0.2) is 23.4 Å². The first-order valence-electron chi connectivity index (χ1n) is 43.3. The van der Waals surface area contributed by atoms with E-state index in [1.807, 2.05) is 120 Å². The molecule has 14 aromatic rings. The van der Waals surface area contributed by atoms with E-state index < -0.39 is 18.4 Å². The third-order valence-electron chi connectivity index (χ3n) is 21.5. The molecule has 0 bridgehead atoms. The average Bonchev–Trinajstić information content (AvgIpc) is 1.62. The van der Waals surface area contributed by atoms with E-state index in [1.165, 1.54) is 57.5 Å². The van der Waals surface area contributed by atoms with E-state index >= 15 is 0 Å². The second-order valence-corrected chi connectivity index (χ2v) is 44.8. The Kier molecular flexibility index (Phi) is 41.1. The molecule has 4 N–H and O–H groups in total. The van der Waals surface area contributed by atoms with Crippen molar-refractivity contribution >= 4 is 56.7 Å². The van der Waals surface area contributed by atoms with E-state index in [4.69, 9.17) is 74.3 Å². The molecule has 0 amide bonds. The Balaban J connectivity index is 0.000000216. The predicted molar refractivity (Wildman–Crippen MR) is 523 cm³/mol. The van der Waals surface area contributed by atoms with Gasteiger partial charge >= 0.3 is 130 Å². The maximum absolute atomic E-state index is 11.5. The number of nitrogen functional groups attached to an aromatic ring is 1. The molecule has 0 unspecified atom stereocenters. The van der Waals surface area contributed by atoms with Gasteiger partial charge in [0.25, 0.3) is 0 Å². The number of phenolic OH excluding ortho intramolecular Hbond substituents is 2. The maximum Gasteiger partial charge on any atom is 0.166 e. The summed E-state index contributed by atoms with van der Waals surface area (Å²) in [5.41, 5.74) is 23.5. The van der Waals surface area contributed by atoms with Gasteiger partial charge in [0.1, 0.15) is 126 Å². The Morgan fingerprint density at radius 3 is 1.02 bits per heavy atom. The number of unbranched alkanes of at least 4 members (excludes halogenated alkanes) is 3. The molecule has 0 saturated carbocycles. The van der Waals surface area contributed by atoms with Crippen molar-refractivity contribution in [1.29, 1.82) is 42.1 Å².